The number of nitrogens with two attached hydrogens (primary N) is 1. The highest BCUT2D eigenvalue weighted by atomic mass is 16.6. The molecule has 2 N–H and O–H groups in total. The lowest BCUT2D eigenvalue weighted by Crippen LogP contribution is -2.12. The van der Waals surface area contributed by atoms with Gasteiger partial charge in [-0.1, -0.05) is 39.0 Å². The van der Waals surface area contributed by atoms with E-state index in [4.69, 9.17) is 25.2 Å². The molecule has 0 unspecified atom stereocenters. The molecule has 2 aromatic rings. The fraction of sp³-hybridized carbons (Fsp3) is 0.320. The molecular weight excluding hydrogens is 408 g/mol. The Bertz CT molecular complexity index is 1030. The van der Waals surface area contributed by atoms with Crippen molar-refractivity contribution in [2.45, 2.75) is 39.0 Å². The van der Waals surface area contributed by atoms with Crippen LogP contribution >= 0.6 is 0 Å². The Hall–Kier alpha value is -3.79. The van der Waals surface area contributed by atoms with Crippen LogP contribution in [0.4, 0.5) is 0 Å². The molecule has 0 fully saturated rings. The van der Waals surface area contributed by atoms with Crippen molar-refractivity contribution in [1.29, 1.82) is 5.26 Å². The topological polar surface area (TPSA) is 112 Å². The van der Waals surface area contributed by atoms with E-state index in [9.17, 15) is 9.59 Å². The van der Waals surface area contributed by atoms with Gasteiger partial charge >= 0.3 is 5.97 Å². The maximum Gasteiger partial charge on any atom is 0.311 e. The van der Waals surface area contributed by atoms with E-state index in [2.05, 4.69) is 20.8 Å². The number of amides is 1. The number of rotatable bonds is 9. The number of carbonyl (C=O) groups excluding carboxylic acids is 2. The molecule has 0 aromatic heterocycles. The first kappa shape index (κ1) is 24.5. The van der Waals surface area contributed by atoms with Gasteiger partial charge in [0.2, 0.25) is 0 Å². The number of nitriles is 1. The van der Waals surface area contributed by atoms with Crippen LogP contribution in [0.1, 0.15) is 44.7 Å². The third-order valence-electron chi connectivity index (χ3n) is 4.62. The number of esters is 1. The molecule has 0 atom stereocenters. The summed E-state index contributed by atoms with van der Waals surface area (Å²) < 4.78 is 16.3. The molecule has 168 valence electrons. The zero-order chi connectivity index (χ0) is 23.7. The van der Waals surface area contributed by atoms with Gasteiger partial charge in [-0.2, -0.15) is 5.26 Å². The maximum absolute atomic E-state index is 12.2. The SMILES string of the molecule is COc1cc(C=C(C#N)C(N)=O)ccc1OC(=O)CCCOc1ccc(C(C)(C)C)cc1. The van der Waals surface area contributed by atoms with Crippen LogP contribution in [0, 0.1) is 11.3 Å². The van der Waals surface area contributed by atoms with Crippen LogP contribution in [-0.2, 0) is 15.0 Å². The third kappa shape index (κ3) is 7.17. The molecule has 0 heterocycles. The molecule has 7 heteroatoms. The van der Waals surface area contributed by atoms with Crippen molar-refractivity contribution in [3.63, 3.8) is 0 Å². The average molecular weight is 437 g/mol. The normalized spacial score (nSPS) is 11.4. The second-order valence-corrected chi connectivity index (χ2v) is 8.14. The second-order valence-electron chi connectivity index (χ2n) is 8.14. The van der Waals surface area contributed by atoms with Crippen molar-refractivity contribution < 1.29 is 23.8 Å². The Kier molecular flexibility index (Phi) is 8.42. The maximum atomic E-state index is 12.2. The molecular formula is C25H28N2O5. The van der Waals surface area contributed by atoms with Gasteiger partial charge in [0.25, 0.3) is 5.91 Å². The molecule has 0 aliphatic rings. The van der Waals surface area contributed by atoms with Crippen LogP contribution in [0.15, 0.2) is 48.0 Å². The minimum absolute atomic E-state index is 0.0810. The molecule has 1 amide bonds. The summed E-state index contributed by atoms with van der Waals surface area (Å²) in [6, 6.07) is 14.3. The molecule has 0 saturated heterocycles. The summed E-state index contributed by atoms with van der Waals surface area (Å²) in [7, 11) is 1.43. The van der Waals surface area contributed by atoms with E-state index in [0.717, 1.165) is 5.75 Å². The number of primary amides is 1. The molecule has 0 spiro atoms. The summed E-state index contributed by atoms with van der Waals surface area (Å²) in [6.45, 7) is 6.84. The van der Waals surface area contributed by atoms with Crippen molar-refractivity contribution in [1.82, 2.24) is 0 Å². The highest BCUT2D eigenvalue weighted by Gasteiger charge is 2.14. The minimum Gasteiger partial charge on any atom is -0.494 e. The molecule has 0 aliphatic carbocycles. The first-order valence-corrected chi connectivity index (χ1v) is 10.2. The van der Waals surface area contributed by atoms with Gasteiger partial charge in [-0.25, -0.2) is 0 Å². The minimum atomic E-state index is -0.825. The number of nitrogens with zero attached hydrogens (tertiary/aromatic N) is 1. The Morgan fingerprint density at radius 1 is 1.09 bits per heavy atom. The number of hydrogen-bond donors (Lipinski definition) is 1. The van der Waals surface area contributed by atoms with Crippen molar-refractivity contribution in [2.75, 3.05) is 13.7 Å². The first-order chi connectivity index (χ1) is 15.1. The Morgan fingerprint density at radius 3 is 2.34 bits per heavy atom. The van der Waals surface area contributed by atoms with Gasteiger partial charge in [0, 0.05) is 6.42 Å². The van der Waals surface area contributed by atoms with E-state index in [1.165, 1.54) is 24.8 Å². The average Bonchev–Trinajstić information content (AvgIpc) is 2.75. The van der Waals surface area contributed by atoms with Crippen molar-refractivity contribution in [2.24, 2.45) is 5.73 Å². The largest absolute Gasteiger partial charge is 0.494 e. The molecule has 0 radical (unpaired) electrons. The molecule has 2 rings (SSSR count). The van der Waals surface area contributed by atoms with E-state index in [1.54, 1.807) is 18.2 Å². The molecule has 0 bridgehead atoms. The predicted molar refractivity (Wildman–Crippen MR) is 121 cm³/mol. The smallest absolute Gasteiger partial charge is 0.311 e. The van der Waals surface area contributed by atoms with Crippen LogP contribution in [0.2, 0.25) is 0 Å². The lowest BCUT2D eigenvalue weighted by molar-refractivity contribution is -0.134. The van der Waals surface area contributed by atoms with Gasteiger partial charge in [0.1, 0.15) is 17.4 Å². The van der Waals surface area contributed by atoms with Crippen molar-refractivity contribution >= 4 is 18.0 Å². The van der Waals surface area contributed by atoms with Gasteiger partial charge in [-0.05, 0) is 53.3 Å². The summed E-state index contributed by atoms with van der Waals surface area (Å²) in [6.07, 6.45) is 2.00. The van der Waals surface area contributed by atoms with Crippen LogP contribution < -0.4 is 19.9 Å². The van der Waals surface area contributed by atoms with Crippen molar-refractivity contribution in [3.8, 4) is 23.3 Å². The van der Waals surface area contributed by atoms with Gasteiger partial charge in [0.15, 0.2) is 11.5 Å². The fourth-order valence-electron chi connectivity index (χ4n) is 2.81. The standard InChI is InChI=1S/C25H28N2O5/c1-25(2,3)19-8-10-20(11-9-19)31-13-5-6-23(28)32-21-12-7-17(15-22(21)30-4)14-18(16-26)24(27)29/h7-12,14-15H,5-6,13H2,1-4H3,(H2,27,29). The quantitative estimate of drug-likeness (QED) is 0.208. The Labute approximate surface area is 188 Å². The van der Waals surface area contributed by atoms with Gasteiger partial charge < -0.3 is 19.9 Å². The predicted octanol–water partition coefficient (Wildman–Crippen LogP) is 4.15. The van der Waals surface area contributed by atoms with E-state index in [0.29, 0.717) is 24.3 Å². The summed E-state index contributed by atoms with van der Waals surface area (Å²) in [4.78, 5) is 23.4. The molecule has 2 aromatic carbocycles. The van der Waals surface area contributed by atoms with E-state index in [-0.39, 0.29) is 23.2 Å². The van der Waals surface area contributed by atoms with Crippen LogP contribution in [0.25, 0.3) is 6.08 Å². The third-order valence-corrected chi connectivity index (χ3v) is 4.62. The molecule has 7 nitrogen and oxygen atoms in total. The fourth-order valence-corrected chi connectivity index (χ4v) is 2.81. The van der Waals surface area contributed by atoms with Gasteiger partial charge in [-0.3, -0.25) is 9.59 Å². The summed E-state index contributed by atoms with van der Waals surface area (Å²) >= 11 is 0. The lowest BCUT2D eigenvalue weighted by atomic mass is 9.87. The number of ether oxygens (including phenoxy) is 3. The summed E-state index contributed by atoms with van der Waals surface area (Å²) in [5.74, 6) is 0.0433. The summed E-state index contributed by atoms with van der Waals surface area (Å²) in [5.41, 5.74) is 6.77. The number of methoxy groups -OCH3 is 1. The van der Waals surface area contributed by atoms with Crippen molar-refractivity contribution in [3.05, 3.63) is 59.2 Å². The first-order valence-electron chi connectivity index (χ1n) is 10.2. The van der Waals surface area contributed by atoms with Crippen LogP contribution in [0.3, 0.4) is 0 Å². The Morgan fingerprint density at radius 2 is 1.78 bits per heavy atom. The van der Waals surface area contributed by atoms with Crippen LogP contribution in [0.5, 0.6) is 17.2 Å². The number of benzene rings is 2. The summed E-state index contributed by atoms with van der Waals surface area (Å²) in [5, 5.41) is 8.95. The number of carbonyl (C=O) groups is 2. The van der Waals surface area contributed by atoms with Crippen LogP contribution in [-0.4, -0.2) is 25.6 Å². The number of hydrogen-bond acceptors (Lipinski definition) is 6. The van der Waals surface area contributed by atoms with Gasteiger partial charge in [0.05, 0.1) is 13.7 Å². The lowest BCUT2D eigenvalue weighted by Gasteiger charge is -2.19. The Balaban J connectivity index is 1.88. The van der Waals surface area contributed by atoms with Gasteiger partial charge in [-0.15, -0.1) is 0 Å². The molecule has 32 heavy (non-hydrogen) atoms. The monoisotopic (exact) mass is 436 g/mol. The molecule has 0 saturated carbocycles. The highest BCUT2D eigenvalue weighted by Crippen LogP contribution is 2.29. The van der Waals surface area contributed by atoms with E-state index >= 15 is 0 Å². The highest BCUT2D eigenvalue weighted by molar-refractivity contribution is 6.00. The van der Waals surface area contributed by atoms with E-state index < -0.39 is 11.9 Å². The second kappa shape index (κ2) is 11.0. The zero-order valence-corrected chi connectivity index (χ0v) is 18.8. The zero-order valence-electron chi connectivity index (χ0n) is 18.8. The van der Waals surface area contributed by atoms with E-state index in [1.807, 2.05) is 24.3 Å². The molecule has 0 aliphatic heterocycles.